The Hall–Kier alpha value is -2.43. The van der Waals surface area contributed by atoms with Gasteiger partial charge in [0.05, 0.1) is 12.3 Å². The lowest BCUT2D eigenvalue weighted by Gasteiger charge is -2.18. The molecule has 0 aliphatic heterocycles. The molecule has 0 aliphatic carbocycles. The zero-order chi connectivity index (χ0) is 19.2. The lowest BCUT2D eigenvalue weighted by molar-refractivity contribution is 0.577. The van der Waals surface area contributed by atoms with Gasteiger partial charge in [0.2, 0.25) is 5.82 Å². The van der Waals surface area contributed by atoms with Gasteiger partial charge >= 0.3 is 0 Å². The second-order valence-electron chi connectivity index (χ2n) is 6.21. The van der Waals surface area contributed by atoms with E-state index in [0.29, 0.717) is 36.1 Å². The highest BCUT2D eigenvalue weighted by Crippen LogP contribution is 2.16. The van der Waals surface area contributed by atoms with Gasteiger partial charge < -0.3 is 15.1 Å². The molecule has 2 aromatic heterocycles. The number of aromatic nitrogens is 3. The fourth-order valence-corrected chi connectivity index (χ4v) is 2.58. The molecule has 3 aromatic rings. The van der Waals surface area contributed by atoms with Crippen LogP contribution < -0.4 is 10.6 Å². The Bertz CT molecular complexity index is 909. The van der Waals surface area contributed by atoms with Gasteiger partial charge in [-0.2, -0.15) is 5.10 Å². The smallest absolute Gasteiger partial charge is 0.216 e. The zero-order valence-corrected chi connectivity index (χ0v) is 18.3. The minimum absolute atomic E-state index is 0. The van der Waals surface area contributed by atoms with E-state index in [9.17, 15) is 4.39 Å². The normalized spacial score (nSPS) is 12.4. The quantitative estimate of drug-likeness (QED) is 0.275. The highest BCUT2D eigenvalue weighted by Gasteiger charge is 2.11. The Kier molecular flexibility index (Phi) is 7.97. The predicted octanol–water partition coefficient (Wildman–Crippen LogP) is 3.60. The number of aliphatic imine (C=N–C) groups is 1. The predicted molar refractivity (Wildman–Crippen MR) is 117 cm³/mol. The van der Waals surface area contributed by atoms with Crippen molar-refractivity contribution >= 4 is 29.9 Å². The van der Waals surface area contributed by atoms with Crippen molar-refractivity contribution < 1.29 is 8.81 Å². The van der Waals surface area contributed by atoms with Crippen LogP contribution in [0, 0.1) is 12.7 Å². The van der Waals surface area contributed by atoms with Gasteiger partial charge in [0.25, 0.3) is 0 Å². The minimum atomic E-state index is -0.207. The van der Waals surface area contributed by atoms with Crippen molar-refractivity contribution in [3.8, 4) is 11.6 Å². The number of hydrogen-bond acceptors (Lipinski definition) is 4. The van der Waals surface area contributed by atoms with E-state index < -0.39 is 0 Å². The number of rotatable bonds is 6. The molecular weight excluding hydrogens is 474 g/mol. The highest BCUT2D eigenvalue weighted by atomic mass is 127. The molecule has 0 spiro atoms. The summed E-state index contributed by atoms with van der Waals surface area (Å²) in [7, 11) is 1.70. The Morgan fingerprint density at radius 1 is 1.36 bits per heavy atom. The topological polar surface area (TPSA) is 91.1 Å². The Morgan fingerprint density at radius 3 is 2.86 bits per heavy atom. The number of H-pyrrole nitrogens is 1. The van der Waals surface area contributed by atoms with Crippen LogP contribution >= 0.6 is 24.0 Å². The van der Waals surface area contributed by atoms with E-state index in [1.165, 1.54) is 0 Å². The first-order chi connectivity index (χ1) is 13.1. The molecule has 0 saturated carbocycles. The number of aromatic amines is 1. The average molecular weight is 498 g/mol. The van der Waals surface area contributed by atoms with E-state index in [0.717, 1.165) is 11.4 Å². The molecule has 1 atom stereocenters. The Labute approximate surface area is 180 Å². The average Bonchev–Trinajstić information content (AvgIpc) is 3.34. The van der Waals surface area contributed by atoms with Gasteiger partial charge in [-0.1, -0.05) is 12.1 Å². The number of guanidine groups is 1. The van der Waals surface area contributed by atoms with Crippen molar-refractivity contribution in [2.75, 3.05) is 13.6 Å². The Morgan fingerprint density at radius 2 is 2.18 bits per heavy atom. The van der Waals surface area contributed by atoms with Gasteiger partial charge in [0, 0.05) is 20.0 Å². The molecule has 3 rings (SSSR count). The number of nitrogens with one attached hydrogen (secondary N) is 3. The number of nitrogens with zero attached hydrogens (tertiary/aromatic N) is 3. The summed E-state index contributed by atoms with van der Waals surface area (Å²) in [6.45, 7) is 4.32. The van der Waals surface area contributed by atoms with Crippen LogP contribution in [0.3, 0.4) is 0 Å². The third kappa shape index (κ3) is 5.54. The molecule has 1 unspecified atom stereocenters. The van der Waals surface area contributed by atoms with Gasteiger partial charge in [-0.25, -0.2) is 9.37 Å². The van der Waals surface area contributed by atoms with Crippen LogP contribution in [-0.4, -0.2) is 34.7 Å². The van der Waals surface area contributed by atoms with Crippen molar-refractivity contribution in [3.05, 3.63) is 59.4 Å². The molecule has 0 saturated heterocycles. The standard InChI is InChI=1S/C19H23FN6O.HI/c1-12-6-7-14(11-15(12)20)13(2)23-19(21-3)22-9-8-17-24-18(26-25-17)16-5-4-10-27-16;/h4-7,10-11,13H,8-9H2,1-3H3,(H2,21,22,23)(H,24,25,26);1H. The lowest BCUT2D eigenvalue weighted by Crippen LogP contribution is -2.39. The van der Waals surface area contributed by atoms with E-state index in [4.69, 9.17) is 4.42 Å². The molecule has 9 heteroatoms. The molecule has 2 heterocycles. The molecule has 7 nitrogen and oxygen atoms in total. The monoisotopic (exact) mass is 498 g/mol. The molecule has 28 heavy (non-hydrogen) atoms. The van der Waals surface area contributed by atoms with Gasteiger partial charge in [0.15, 0.2) is 11.7 Å². The second kappa shape index (κ2) is 10.2. The van der Waals surface area contributed by atoms with Crippen LogP contribution in [0.2, 0.25) is 0 Å². The molecule has 0 radical (unpaired) electrons. The Balaban J connectivity index is 0.00000280. The number of halogens is 2. The summed E-state index contributed by atoms with van der Waals surface area (Å²) in [5.74, 6) is 2.34. The lowest BCUT2D eigenvalue weighted by atomic mass is 10.1. The maximum Gasteiger partial charge on any atom is 0.216 e. The van der Waals surface area contributed by atoms with Crippen LogP contribution in [0.15, 0.2) is 46.0 Å². The minimum Gasteiger partial charge on any atom is -0.461 e. The largest absolute Gasteiger partial charge is 0.461 e. The molecular formula is C19H24FIN6O. The van der Waals surface area contributed by atoms with Crippen LogP contribution in [-0.2, 0) is 6.42 Å². The van der Waals surface area contributed by atoms with Gasteiger partial charge in [-0.3, -0.25) is 10.1 Å². The van der Waals surface area contributed by atoms with Crippen LogP contribution in [0.1, 0.15) is 29.9 Å². The molecule has 1 aromatic carbocycles. The fraction of sp³-hybridized carbons (Fsp3) is 0.316. The summed E-state index contributed by atoms with van der Waals surface area (Å²) in [5.41, 5.74) is 1.49. The molecule has 0 amide bonds. The summed E-state index contributed by atoms with van der Waals surface area (Å²) in [4.78, 5) is 8.61. The molecule has 3 N–H and O–H groups in total. The maximum atomic E-state index is 13.8. The molecule has 0 bridgehead atoms. The van der Waals surface area contributed by atoms with E-state index in [1.54, 1.807) is 38.4 Å². The van der Waals surface area contributed by atoms with Crippen molar-refractivity contribution in [3.63, 3.8) is 0 Å². The number of benzene rings is 1. The summed E-state index contributed by atoms with van der Waals surface area (Å²) in [6.07, 6.45) is 2.23. The van der Waals surface area contributed by atoms with E-state index >= 15 is 0 Å². The highest BCUT2D eigenvalue weighted by molar-refractivity contribution is 14.0. The van der Waals surface area contributed by atoms with Gasteiger partial charge in [-0.15, -0.1) is 24.0 Å². The van der Waals surface area contributed by atoms with E-state index in [2.05, 4.69) is 30.8 Å². The zero-order valence-electron chi connectivity index (χ0n) is 16.0. The summed E-state index contributed by atoms with van der Waals surface area (Å²) in [5, 5.41) is 13.5. The van der Waals surface area contributed by atoms with Crippen LogP contribution in [0.5, 0.6) is 0 Å². The fourth-order valence-electron chi connectivity index (χ4n) is 2.58. The number of furan rings is 1. The summed E-state index contributed by atoms with van der Waals surface area (Å²) in [6, 6.07) is 8.76. The van der Waals surface area contributed by atoms with Crippen LogP contribution in [0.4, 0.5) is 4.39 Å². The molecule has 0 aliphatic rings. The van der Waals surface area contributed by atoms with Gasteiger partial charge in [-0.05, 0) is 43.2 Å². The summed E-state index contributed by atoms with van der Waals surface area (Å²) < 4.78 is 19.0. The van der Waals surface area contributed by atoms with Crippen molar-refractivity contribution in [1.29, 1.82) is 0 Å². The number of hydrogen-bond donors (Lipinski definition) is 3. The third-order valence-corrected chi connectivity index (χ3v) is 4.20. The molecule has 150 valence electrons. The maximum absolute atomic E-state index is 13.8. The first-order valence-electron chi connectivity index (χ1n) is 8.75. The van der Waals surface area contributed by atoms with E-state index in [1.807, 2.05) is 19.1 Å². The van der Waals surface area contributed by atoms with Gasteiger partial charge in [0.1, 0.15) is 11.6 Å². The third-order valence-electron chi connectivity index (χ3n) is 4.20. The van der Waals surface area contributed by atoms with Crippen molar-refractivity contribution in [1.82, 2.24) is 25.8 Å². The van der Waals surface area contributed by atoms with Crippen LogP contribution in [0.25, 0.3) is 11.6 Å². The summed E-state index contributed by atoms with van der Waals surface area (Å²) >= 11 is 0. The SMILES string of the molecule is CN=C(NCCc1nc(-c2ccco2)n[nH]1)NC(C)c1ccc(C)c(F)c1.I. The van der Waals surface area contributed by atoms with Crippen molar-refractivity contribution in [2.45, 2.75) is 26.3 Å². The first-order valence-corrected chi connectivity index (χ1v) is 8.75. The second-order valence-corrected chi connectivity index (χ2v) is 6.21. The first kappa shape index (κ1) is 21.9. The number of aryl methyl sites for hydroxylation is 1. The molecule has 0 fully saturated rings. The van der Waals surface area contributed by atoms with E-state index in [-0.39, 0.29) is 35.8 Å². The van der Waals surface area contributed by atoms with Crippen molar-refractivity contribution in [2.24, 2.45) is 4.99 Å².